The molecule has 1 nitrogen and oxygen atoms in total. The summed E-state index contributed by atoms with van der Waals surface area (Å²) in [7, 11) is 0. The minimum absolute atomic E-state index is 0. The maximum absolute atomic E-state index is 2.24. The molecule has 0 aliphatic heterocycles. The normalized spacial score (nSPS) is 9.52. The van der Waals surface area contributed by atoms with Crippen molar-refractivity contribution in [1.29, 1.82) is 0 Å². The molecule has 5 rings (SSSR count). The van der Waals surface area contributed by atoms with Gasteiger partial charge < -0.3 is 29.4 Å². The number of hydrogen-bond acceptors (Lipinski definition) is 0. The molecule has 0 unspecified atom stereocenters. The Morgan fingerprint density at radius 1 is 0.778 bits per heavy atom. The molecule has 4 heteroatoms. The molecule has 5 aromatic rings. The van der Waals surface area contributed by atoms with Gasteiger partial charge in [-0.2, -0.15) is 23.6 Å². The van der Waals surface area contributed by atoms with Crippen molar-refractivity contribution in [1.82, 2.24) is 4.57 Å². The third kappa shape index (κ3) is 5.23. The van der Waals surface area contributed by atoms with E-state index in [-0.39, 0.29) is 51.0 Å². The van der Waals surface area contributed by atoms with Crippen LogP contribution < -0.4 is 24.8 Å². The summed E-state index contributed by atoms with van der Waals surface area (Å²) in [5.41, 5.74) is 2.58. The Morgan fingerprint density at radius 2 is 1.48 bits per heavy atom. The summed E-state index contributed by atoms with van der Waals surface area (Å²) in [6.07, 6.45) is 4.16. The van der Waals surface area contributed by atoms with Crippen LogP contribution >= 0.6 is 0 Å². The molecule has 0 aliphatic carbocycles. The maximum atomic E-state index is 2.24. The van der Waals surface area contributed by atoms with Crippen molar-refractivity contribution in [3.63, 3.8) is 0 Å². The largest absolute Gasteiger partial charge is 4.00 e. The van der Waals surface area contributed by atoms with Gasteiger partial charge in [-0.05, 0) is 12.1 Å². The Bertz CT molecular complexity index is 1040. The first-order chi connectivity index (χ1) is 11.8. The zero-order valence-corrected chi connectivity index (χ0v) is 18.9. The predicted octanol–water partition coefficient (Wildman–Crippen LogP) is 0.222. The zero-order valence-electron chi connectivity index (χ0n) is 14.9. The molecule has 0 spiro atoms. The van der Waals surface area contributed by atoms with Gasteiger partial charge in [0.2, 0.25) is 0 Å². The minimum Gasteiger partial charge on any atom is -1.00 e. The van der Waals surface area contributed by atoms with E-state index in [1.165, 1.54) is 32.8 Å². The van der Waals surface area contributed by atoms with Crippen LogP contribution in [0.25, 0.3) is 27.2 Å². The van der Waals surface area contributed by atoms with Crippen LogP contribution in [0.1, 0.15) is 5.56 Å². The van der Waals surface area contributed by atoms with Crippen molar-refractivity contribution in [2.24, 2.45) is 0 Å². The van der Waals surface area contributed by atoms with E-state index in [0.29, 0.717) is 0 Å². The minimum atomic E-state index is 0. The second-order valence-electron chi connectivity index (χ2n) is 6.06. The Morgan fingerprint density at radius 3 is 2.22 bits per heavy atom. The van der Waals surface area contributed by atoms with E-state index in [4.69, 9.17) is 0 Å². The molecule has 0 bridgehead atoms. The van der Waals surface area contributed by atoms with E-state index >= 15 is 0 Å². The van der Waals surface area contributed by atoms with E-state index in [9.17, 15) is 0 Å². The first-order valence-corrected chi connectivity index (χ1v) is 8.21. The molecule has 0 N–H and O–H groups in total. The number of aryl methyl sites for hydroxylation is 1. The quantitative estimate of drug-likeness (QED) is 0.309. The molecule has 0 amide bonds. The van der Waals surface area contributed by atoms with Crippen LogP contribution in [0.5, 0.6) is 0 Å². The smallest absolute Gasteiger partial charge is 1.00 e. The van der Waals surface area contributed by atoms with Gasteiger partial charge in [-0.3, -0.25) is 0 Å². The molecule has 134 valence electrons. The van der Waals surface area contributed by atoms with E-state index in [1.54, 1.807) is 0 Å². The van der Waals surface area contributed by atoms with Gasteiger partial charge in [0.15, 0.2) is 0 Å². The number of benzene rings is 2. The first kappa shape index (κ1) is 23.4. The number of aromatic nitrogens is 1. The molecule has 0 saturated heterocycles. The average Bonchev–Trinajstić information content (AvgIpc) is 3.34. The van der Waals surface area contributed by atoms with Crippen LogP contribution in [0.4, 0.5) is 0 Å². The van der Waals surface area contributed by atoms with Crippen molar-refractivity contribution >= 4 is 21.5 Å². The van der Waals surface area contributed by atoms with Gasteiger partial charge in [0, 0.05) is 18.1 Å². The van der Waals surface area contributed by atoms with Crippen molar-refractivity contribution in [2.45, 2.75) is 6.92 Å². The molecule has 0 aliphatic rings. The summed E-state index contributed by atoms with van der Waals surface area (Å²) >= 11 is 0. The van der Waals surface area contributed by atoms with Crippen molar-refractivity contribution in [3.8, 4) is 5.69 Å². The molecular formula is C23H19Cl2NZr. The van der Waals surface area contributed by atoms with Gasteiger partial charge in [0.1, 0.15) is 0 Å². The SMILES string of the molecule is Cc1cc2c(-n3cccc3)cccc2[cH-]1.[Cl-].[Cl-].[Zr+4].c1ccc2[cH-]ccc2c1. The van der Waals surface area contributed by atoms with E-state index in [2.05, 4.69) is 109 Å². The van der Waals surface area contributed by atoms with Gasteiger partial charge in [0.25, 0.3) is 0 Å². The summed E-state index contributed by atoms with van der Waals surface area (Å²) in [5, 5.41) is 5.31. The molecule has 0 fully saturated rings. The molecule has 0 radical (unpaired) electrons. The van der Waals surface area contributed by atoms with Crippen LogP contribution in [0.3, 0.4) is 0 Å². The fraction of sp³-hybridized carbons (Fsp3) is 0.0435. The van der Waals surface area contributed by atoms with Gasteiger partial charge in [-0.15, -0.1) is 64.2 Å². The summed E-state index contributed by atoms with van der Waals surface area (Å²) in [6.45, 7) is 2.14. The third-order valence-corrected chi connectivity index (χ3v) is 4.30. The van der Waals surface area contributed by atoms with Crippen LogP contribution in [0, 0.1) is 6.92 Å². The van der Waals surface area contributed by atoms with Crippen LogP contribution in [0.15, 0.2) is 97.3 Å². The molecule has 0 saturated carbocycles. The number of rotatable bonds is 1. The van der Waals surface area contributed by atoms with Crippen LogP contribution in [-0.2, 0) is 26.2 Å². The Labute approximate surface area is 191 Å². The topological polar surface area (TPSA) is 4.93 Å². The second-order valence-corrected chi connectivity index (χ2v) is 6.06. The zero-order chi connectivity index (χ0) is 16.4. The van der Waals surface area contributed by atoms with Gasteiger partial charge in [-0.1, -0.05) is 19.1 Å². The van der Waals surface area contributed by atoms with Gasteiger partial charge in [-0.25, -0.2) is 0 Å². The van der Waals surface area contributed by atoms with Crippen molar-refractivity contribution in [3.05, 3.63) is 103 Å². The van der Waals surface area contributed by atoms with Crippen LogP contribution in [0.2, 0.25) is 0 Å². The number of hydrogen-bond donors (Lipinski definition) is 0. The number of halogens is 2. The Hall–Kier alpha value is -1.60. The molecule has 0 atom stereocenters. The third-order valence-electron chi connectivity index (χ3n) is 4.30. The molecule has 1 heterocycles. The van der Waals surface area contributed by atoms with Crippen molar-refractivity contribution in [2.75, 3.05) is 0 Å². The van der Waals surface area contributed by atoms with Gasteiger partial charge >= 0.3 is 26.2 Å². The van der Waals surface area contributed by atoms with E-state index in [0.717, 1.165) is 0 Å². The summed E-state index contributed by atoms with van der Waals surface area (Å²) in [5.74, 6) is 0. The fourth-order valence-corrected chi connectivity index (χ4v) is 3.16. The monoisotopic (exact) mass is 469 g/mol. The first-order valence-electron chi connectivity index (χ1n) is 8.21. The number of nitrogens with zero attached hydrogens (tertiary/aromatic N) is 1. The predicted molar refractivity (Wildman–Crippen MR) is 103 cm³/mol. The average molecular weight is 472 g/mol. The summed E-state index contributed by atoms with van der Waals surface area (Å²) < 4.78 is 2.15. The van der Waals surface area contributed by atoms with E-state index < -0.39 is 0 Å². The van der Waals surface area contributed by atoms with Crippen LogP contribution in [-0.4, -0.2) is 4.57 Å². The standard InChI is InChI=1S/C14H12N.C9H7.2ClH.Zr/c1-11-9-12-5-4-6-14(13(12)10-11)15-7-2-3-8-15;1-2-5-9-7-3-6-8(9)4-1;;;/h2-10H,1H3;1-7H;2*1H;/q2*-1;;;+4/p-2. The summed E-state index contributed by atoms with van der Waals surface area (Å²) in [4.78, 5) is 0. The second kappa shape index (κ2) is 10.7. The summed E-state index contributed by atoms with van der Waals surface area (Å²) in [6, 6.07) is 29.7. The Kier molecular flexibility index (Phi) is 9.26. The van der Waals surface area contributed by atoms with Gasteiger partial charge in [0.05, 0.1) is 0 Å². The maximum Gasteiger partial charge on any atom is 4.00 e. The fourth-order valence-electron chi connectivity index (χ4n) is 3.16. The molecule has 27 heavy (non-hydrogen) atoms. The van der Waals surface area contributed by atoms with Crippen molar-refractivity contribution < 1.29 is 51.0 Å². The Balaban J connectivity index is 0.000000266. The van der Waals surface area contributed by atoms with E-state index in [1.807, 2.05) is 0 Å². The molecular weight excluding hydrogens is 452 g/mol. The number of fused-ring (bicyclic) bond motifs is 2. The molecule has 4 aromatic carbocycles. The molecule has 1 aromatic heterocycles.